The summed E-state index contributed by atoms with van der Waals surface area (Å²) in [4.78, 5) is 23.8. The van der Waals surface area contributed by atoms with E-state index in [1.54, 1.807) is 36.4 Å². The van der Waals surface area contributed by atoms with Crippen LogP contribution in [0.25, 0.3) is 5.69 Å². The molecular weight excluding hydrogens is 392 g/mol. The van der Waals surface area contributed by atoms with E-state index in [2.05, 4.69) is 15.9 Å². The summed E-state index contributed by atoms with van der Waals surface area (Å²) in [7, 11) is 0. The molecule has 1 heterocycles. The average molecular weight is 412 g/mol. The van der Waals surface area contributed by atoms with E-state index in [0.29, 0.717) is 23.5 Å². The van der Waals surface area contributed by atoms with Crippen LogP contribution in [0.5, 0.6) is 5.95 Å². The number of benzene rings is 2. The van der Waals surface area contributed by atoms with Gasteiger partial charge >= 0.3 is 0 Å². The summed E-state index contributed by atoms with van der Waals surface area (Å²) < 4.78 is 6.20. The molecule has 8 nitrogen and oxygen atoms in total. The third-order valence-electron chi connectivity index (χ3n) is 3.96. The molecule has 3 rings (SSSR count). The van der Waals surface area contributed by atoms with Gasteiger partial charge in [0.2, 0.25) is 17.5 Å². The molecule has 150 valence electrons. The van der Waals surface area contributed by atoms with E-state index >= 15 is 0 Å². The Balaban J connectivity index is 1.73. The lowest BCUT2D eigenvalue weighted by Gasteiger charge is -2.13. The van der Waals surface area contributed by atoms with Crippen molar-refractivity contribution in [3.05, 3.63) is 54.6 Å². The van der Waals surface area contributed by atoms with Gasteiger partial charge in [0.1, 0.15) is 0 Å². The molecule has 0 fully saturated rings. The zero-order valence-electron chi connectivity index (χ0n) is 15.9. The first kappa shape index (κ1) is 20.4. The Kier molecular flexibility index (Phi) is 6.50. The summed E-state index contributed by atoms with van der Waals surface area (Å²) in [5, 5.41) is 21.1. The number of nitrogens with zero attached hydrogens (tertiary/aromatic N) is 2. The van der Waals surface area contributed by atoms with Crippen molar-refractivity contribution in [2.24, 2.45) is 0 Å². The van der Waals surface area contributed by atoms with E-state index in [1.165, 1.54) is 11.6 Å². The van der Waals surface area contributed by atoms with Crippen LogP contribution in [0.2, 0.25) is 0 Å². The molecule has 0 saturated carbocycles. The lowest BCUT2D eigenvalue weighted by Crippen LogP contribution is -2.36. The van der Waals surface area contributed by atoms with Crippen LogP contribution in [0.4, 0.5) is 11.4 Å². The Bertz CT molecular complexity index is 989. The maximum atomic E-state index is 12.7. The third-order valence-corrected chi connectivity index (χ3v) is 5.36. The molecule has 3 aromatic rings. The zero-order valence-corrected chi connectivity index (χ0v) is 16.7. The lowest BCUT2D eigenvalue weighted by atomic mass is 10.2. The molecule has 1 unspecified atom stereocenters. The fourth-order valence-corrected chi connectivity index (χ4v) is 3.57. The standard InChI is InChI=1S/C20H19N4O4S/c1-3-17(18(26)22-15-11-9-14(10-12-15)21-13(2)25)29-19-20(27)28-23-24(19)16-7-5-4-6-8-16/h4-12,17,27H,3H2,1-2H3/q-1/p+1. The van der Waals surface area contributed by atoms with E-state index in [1.807, 2.05) is 25.1 Å². The first-order valence-electron chi connectivity index (χ1n) is 8.97. The second kappa shape index (κ2) is 9.24. The number of anilines is 2. The van der Waals surface area contributed by atoms with Crippen molar-refractivity contribution in [3.63, 3.8) is 0 Å². The summed E-state index contributed by atoms with van der Waals surface area (Å²) in [6, 6.07) is 15.9. The number of thioether (sulfide) groups is 1. The summed E-state index contributed by atoms with van der Waals surface area (Å²) in [6.07, 6.45) is 0.500. The minimum atomic E-state index is -0.593. The molecular formula is C20H20N4O4S. The van der Waals surface area contributed by atoms with Gasteiger partial charge in [0, 0.05) is 30.4 Å². The molecule has 0 bridgehead atoms. The number of nitrogens with one attached hydrogen (secondary N) is 2. The van der Waals surface area contributed by atoms with Crippen LogP contribution in [-0.2, 0) is 9.59 Å². The highest BCUT2D eigenvalue weighted by Gasteiger charge is 2.28. The largest absolute Gasteiger partial charge is 0.538 e. The molecule has 9 heteroatoms. The van der Waals surface area contributed by atoms with Gasteiger partial charge in [0.25, 0.3) is 5.03 Å². The minimum Gasteiger partial charge on any atom is -0.538 e. The van der Waals surface area contributed by atoms with Gasteiger partial charge in [-0.2, -0.15) is 0 Å². The van der Waals surface area contributed by atoms with E-state index in [4.69, 9.17) is 4.52 Å². The molecule has 0 radical (unpaired) electrons. The Morgan fingerprint density at radius 3 is 2.31 bits per heavy atom. The third kappa shape index (κ3) is 5.14. The molecule has 0 aliphatic heterocycles. The van der Waals surface area contributed by atoms with Crippen LogP contribution >= 0.6 is 11.8 Å². The lowest BCUT2D eigenvalue weighted by molar-refractivity contribution is -0.705. The van der Waals surface area contributed by atoms with Crippen molar-refractivity contribution in [1.29, 1.82) is 0 Å². The average Bonchev–Trinajstić information content (AvgIpc) is 3.08. The Morgan fingerprint density at radius 2 is 1.72 bits per heavy atom. The SMILES string of the molecule is CCC(Sc1c([O-])on[n+]1-c1ccccc1)C(=O)Nc1ccc(NC(C)=O)cc1. The number of carbonyl (C=O) groups excluding carboxylic acids is 2. The van der Waals surface area contributed by atoms with Gasteiger partial charge in [-0.25, -0.2) is 0 Å². The van der Waals surface area contributed by atoms with Crippen molar-refractivity contribution in [1.82, 2.24) is 5.27 Å². The Labute approximate surface area is 171 Å². The number of rotatable bonds is 7. The number of amides is 2. The highest BCUT2D eigenvalue weighted by Crippen LogP contribution is 2.30. The fraction of sp³-hybridized carbons (Fsp3) is 0.200. The van der Waals surface area contributed by atoms with Gasteiger partial charge in [0.05, 0.1) is 10.5 Å². The molecule has 2 aromatic carbocycles. The van der Waals surface area contributed by atoms with Gasteiger partial charge in [-0.1, -0.05) is 25.1 Å². The molecule has 29 heavy (non-hydrogen) atoms. The smallest absolute Gasteiger partial charge is 0.298 e. The van der Waals surface area contributed by atoms with Gasteiger partial charge in [-0.3, -0.25) is 9.59 Å². The minimum absolute atomic E-state index is 0.168. The molecule has 1 atom stereocenters. The first-order valence-corrected chi connectivity index (χ1v) is 9.85. The van der Waals surface area contributed by atoms with Crippen molar-refractivity contribution in [2.45, 2.75) is 30.5 Å². The fourth-order valence-electron chi connectivity index (χ4n) is 2.59. The topological polar surface area (TPSA) is 111 Å². The second-order valence-corrected chi connectivity index (χ2v) is 7.37. The Morgan fingerprint density at radius 1 is 1.10 bits per heavy atom. The summed E-state index contributed by atoms with van der Waals surface area (Å²) >= 11 is 1.11. The van der Waals surface area contributed by atoms with Crippen LogP contribution < -0.4 is 20.4 Å². The highest BCUT2D eigenvalue weighted by atomic mass is 32.2. The number of para-hydroxylation sites is 1. The van der Waals surface area contributed by atoms with E-state index in [9.17, 15) is 14.7 Å². The predicted molar refractivity (Wildman–Crippen MR) is 107 cm³/mol. The number of carbonyl (C=O) groups is 2. The van der Waals surface area contributed by atoms with Gasteiger partial charge < -0.3 is 20.3 Å². The molecule has 0 saturated heterocycles. The van der Waals surface area contributed by atoms with Crippen molar-refractivity contribution in [3.8, 4) is 11.6 Å². The number of hydrogen-bond donors (Lipinski definition) is 2. The summed E-state index contributed by atoms with van der Waals surface area (Å²) in [6.45, 7) is 3.29. The molecule has 0 aliphatic rings. The monoisotopic (exact) mass is 412 g/mol. The normalized spacial score (nSPS) is 11.7. The van der Waals surface area contributed by atoms with Crippen LogP contribution in [-0.4, -0.2) is 22.3 Å². The first-order chi connectivity index (χ1) is 14.0. The van der Waals surface area contributed by atoms with E-state index in [0.717, 1.165) is 11.8 Å². The maximum absolute atomic E-state index is 12.7. The van der Waals surface area contributed by atoms with Crippen LogP contribution in [0.15, 0.2) is 64.1 Å². The van der Waals surface area contributed by atoms with Gasteiger partial charge in [-0.15, -0.1) is 0 Å². The van der Waals surface area contributed by atoms with Crippen LogP contribution in [0.3, 0.4) is 0 Å². The molecule has 0 aliphatic carbocycles. The second-order valence-electron chi connectivity index (χ2n) is 6.18. The highest BCUT2D eigenvalue weighted by molar-refractivity contribution is 8.00. The van der Waals surface area contributed by atoms with E-state index < -0.39 is 11.2 Å². The Hall–Kier alpha value is -3.33. The van der Waals surface area contributed by atoms with Crippen molar-refractivity contribution >= 4 is 35.0 Å². The zero-order chi connectivity index (χ0) is 20.8. The number of hydrogen-bond acceptors (Lipinski definition) is 6. The molecule has 2 amide bonds. The molecule has 1 aromatic heterocycles. The summed E-state index contributed by atoms with van der Waals surface area (Å²) in [5.41, 5.74) is 1.90. The van der Waals surface area contributed by atoms with Gasteiger partial charge in [-0.05, 0) is 47.1 Å². The van der Waals surface area contributed by atoms with Crippen LogP contribution in [0, 0.1) is 0 Å². The van der Waals surface area contributed by atoms with Gasteiger partial charge in [0.15, 0.2) is 5.95 Å². The molecule has 2 N–H and O–H groups in total. The van der Waals surface area contributed by atoms with E-state index in [-0.39, 0.29) is 16.8 Å². The molecule has 0 spiro atoms. The number of aromatic nitrogens is 2. The van der Waals surface area contributed by atoms with Crippen LogP contribution in [0.1, 0.15) is 20.3 Å². The van der Waals surface area contributed by atoms with Crippen molar-refractivity contribution in [2.75, 3.05) is 10.6 Å². The maximum Gasteiger partial charge on any atom is 0.298 e. The quantitative estimate of drug-likeness (QED) is 0.456. The predicted octanol–water partition coefficient (Wildman–Crippen LogP) is 2.49. The van der Waals surface area contributed by atoms with Crippen molar-refractivity contribution < 1.29 is 23.9 Å². The summed E-state index contributed by atoms with van der Waals surface area (Å²) in [5.74, 6) is -1.01.